The van der Waals surface area contributed by atoms with Crippen molar-refractivity contribution in [2.75, 3.05) is 13.1 Å². The average molecular weight is 283 g/mol. The van der Waals surface area contributed by atoms with Crippen molar-refractivity contribution in [1.82, 2.24) is 4.90 Å². The van der Waals surface area contributed by atoms with Crippen molar-refractivity contribution < 1.29 is 24.2 Å². The molecule has 6 nitrogen and oxygen atoms in total. The minimum absolute atomic E-state index is 0.0152. The third kappa shape index (κ3) is 2.16. The summed E-state index contributed by atoms with van der Waals surface area (Å²) in [6, 6.07) is 0. The van der Waals surface area contributed by atoms with Gasteiger partial charge in [-0.2, -0.15) is 0 Å². The Morgan fingerprint density at radius 2 is 1.90 bits per heavy atom. The van der Waals surface area contributed by atoms with E-state index in [1.807, 2.05) is 20.8 Å². The van der Waals surface area contributed by atoms with Gasteiger partial charge in [0, 0.05) is 24.9 Å². The number of hydrogen-bond acceptors (Lipinski definition) is 4. The van der Waals surface area contributed by atoms with Gasteiger partial charge in [-0.1, -0.05) is 0 Å². The number of likely N-dealkylation sites (tertiary alicyclic amines) is 1. The lowest BCUT2D eigenvalue weighted by molar-refractivity contribution is -0.144. The molecule has 0 aromatic carbocycles. The second-order valence-corrected chi connectivity index (χ2v) is 7.03. The Balaban J connectivity index is 1.67. The van der Waals surface area contributed by atoms with Crippen LogP contribution in [-0.4, -0.2) is 53.0 Å². The van der Waals surface area contributed by atoms with Crippen LogP contribution in [0.2, 0.25) is 0 Å². The highest BCUT2D eigenvalue weighted by molar-refractivity contribution is 5.72. The summed E-state index contributed by atoms with van der Waals surface area (Å²) in [5, 5.41) is 9.20. The molecule has 0 aromatic rings. The molecule has 0 aliphatic carbocycles. The highest BCUT2D eigenvalue weighted by Crippen LogP contribution is 2.50. The fraction of sp³-hybridized carbons (Fsp3) is 0.857. The number of amides is 1. The first kappa shape index (κ1) is 13.7. The Labute approximate surface area is 118 Å². The molecule has 1 N–H and O–H groups in total. The topological polar surface area (TPSA) is 76.1 Å². The average Bonchev–Trinajstić information content (AvgIpc) is 2.97. The van der Waals surface area contributed by atoms with Gasteiger partial charge in [0.25, 0.3) is 0 Å². The van der Waals surface area contributed by atoms with Gasteiger partial charge in [-0.25, -0.2) is 4.79 Å². The van der Waals surface area contributed by atoms with Crippen LogP contribution in [0.25, 0.3) is 0 Å². The van der Waals surface area contributed by atoms with Crippen LogP contribution in [-0.2, 0) is 14.3 Å². The van der Waals surface area contributed by atoms with Gasteiger partial charge in [0.2, 0.25) is 0 Å². The van der Waals surface area contributed by atoms with Gasteiger partial charge < -0.3 is 19.5 Å². The van der Waals surface area contributed by atoms with Gasteiger partial charge in [-0.05, 0) is 27.2 Å². The van der Waals surface area contributed by atoms with E-state index in [4.69, 9.17) is 9.47 Å². The molecule has 0 aromatic heterocycles. The van der Waals surface area contributed by atoms with Crippen molar-refractivity contribution in [1.29, 1.82) is 0 Å². The highest BCUT2D eigenvalue weighted by Gasteiger charge is 2.60. The van der Waals surface area contributed by atoms with Crippen molar-refractivity contribution in [3.8, 4) is 0 Å². The highest BCUT2D eigenvalue weighted by atomic mass is 16.6. The van der Waals surface area contributed by atoms with E-state index >= 15 is 0 Å². The summed E-state index contributed by atoms with van der Waals surface area (Å²) < 4.78 is 11.2. The summed E-state index contributed by atoms with van der Waals surface area (Å²) in [4.78, 5) is 25.0. The number of ether oxygens (including phenoxy) is 2. The Kier molecular flexibility index (Phi) is 2.97. The number of nitrogens with zero attached hydrogens (tertiary/aromatic N) is 1. The number of rotatable bonds is 1. The van der Waals surface area contributed by atoms with E-state index in [1.54, 1.807) is 4.90 Å². The second-order valence-electron chi connectivity index (χ2n) is 7.03. The molecular formula is C14H21NO5. The van der Waals surface area contributed by atoms with E-state index in [0.717, 1.165) is 0 Å². The lowest BCUT2D eigenvalue weighted by atomic mass is 9.76. The number of carbonyl (C=O) groups excluding carboxylic acids is 1. The van der Waals surface area contributed by atoms with Gasteiger partial charge >= 0.3 is 12.1 Å². The standard InChI is InChI=1S/C14H21NO5/c1-14(2,3)20-13(18)15-5-8-9(6-15)11-7(12(16)17)4-10(8)19-11/h7-11H,4-6H2,1-3H3,(H,16,17). The van der Waals surface area contributed by atoms with Crippen LogP contribution in [0, 0.1) is 17.8 Å². The zero-order chi connectivity index (χ0) is 14.7. The minimum atomic E-state index is -0.785. The van der Waals surface area contributed by atoms with Gasteiger partial charge in [-0.3, -0.25) is 4.79 Å². The number of carboxylic acids is 1. The van der Waals surface area contributed by atoms with E-state index in [-0.39, 0.29) is 30.1 Å². The molecule has 3 fully saturated rings. The molecule has 20 heavy (non-hydrogen) atoms. The minimum Gasteiger partial charge on any atom is -0.481 e. The van der Waals surface area contributed by atoms with E-state index < -0.39 is 17.5 Å². The third-order valence-electron chi connectivity index (χ3n) is 4.50. The zero-order valence-electron chi connectivity index (χ0n) is 12.0. The summed E-state index contributed by atoms with van der Waals surface area (Å²) in [5.41, 5.74) is -0.506. The molecule has 0 radical (unpaired) electrons. The molecular weight excluding hydrogens is 262 g/mol. The molecule has 0 saturated carbocycles. The first-order valence-electron chi connectivity index (χ1n) is 7.12. The molecule has 5 unspecified atom stereocenters. The quantitative estimate of drug-likeness (QED) is 0.786. The molecule has 2 bridgehead atoms. The van der Waals surface area contributed by atoms with Gasteiger partial charge in [-0.15, -0.1) is 0 Å². The molecule has 5 atom stereocenters. The summed E-state index contributed by atoms with van der Waals surface area (Å²) in [6.45, 7) is 6.69. The number of hydrogen-bond donors (Lipinski definition) is 1. The lowest BCUT2D eigenvalue weighted by Crippen LogP contribution is -2.37. The Morgan fingerprint density at radius 1 is 1.25 bits per heavy atom. The van der Waals surface area contributed by atoms with Crippen molar-refractivity contribution in [2.24, 2.45) is 17.8 Å². The molecule has 3 aliphatic heterocycles. The van der Waals surface area contributed by atoms with E-state index in [9.17, 15) is 14.7 Å². The summed E-state index contributed by atoms with van der Waals surface area (Å²) in [6.07, 6.45) is 0.00945. The number of carbonyl (C=O) groups is 2. The second kappa shape index (κ2) is 4.35. The fourth-order valence-corrected chi connectivity index (χ4v) is 3.72. The SMILES string of the molecule is CC(C)(C)OC(=O)N1CC2C3CC(C(=O)O)C(O3)C2C1. The predicted molar refractivity (Wildman–Crippen MR) is 69.2 cm³/mol. The van der Waals surface area contributed by atoms with E-state index in [0.29, 0.717) is 19.5 Å². The molecule has 1 amide bonds. The maximum Gasteiger partial charge on any atom is 0.410 e. The number of carboxylic acid groups (broad SMARTS) is 1. The molecule has 3 rings (SSSR count). The monoisotopic (exact) mass is 283 g/mol. The van der Waals surface area contributed by atoms with Crippen molar-refractivity contribution in [3.63, 3.8) is 0 Å². The maximum absolute atomic E-state index is 12.1. The Hall–Kier alpha value is -1.30. The van der Waals surface area contributed by atoms with Crippen LogP contribution in [0.4, 0.5) is 4.79 Å². The fourth-order valence-electron chi connectivity index (χ4n) is 3.72. The van der Waals surface area contributed by atoms with Gasteiger partial charge in [0.15, 0.2) is 0 Å². The summed E-state index contributed by atoms with van der Waals surface area (Å²) in [7, 11) is 0. The molecule has 3 saturated heterocycles. The van der Waals surface area contributed by atoms with Crippen LogP contribution in [0.1, 0.15) is 27.2 Å². The molecule has 6 heteroatoms. The first-order chi connectivity index (χ1) is 9.26. The molecule has 112 valence electrons. The van der Waals surface area contributed by atoms with Crippen LogP contribution < -0.4 is 0 Å². The molecule has 3 heterocycles. The smallest absolute Gasteiger partial charge is 0.410 e. The third-order valence-corrected chi connectivity index (χ3v) is 4.50. The van der Waals surface area contributed by atoms with Gasteiger partial charge in [0.1, 0.15) is 5.60 Å². The van der Waals surface area contributed by atoms with E-state index in [2.05, 4.69) is 0 Å². The summed E-state index contributed by atoms with van der Waals surface area (Å²) in [5.74, 6) is -0.794. The van der Waals surface area contributed by atoms with Crippen molar-refractivity contribution >= 4 is 12.1 Å². The molecule has 0 spiro atoms. The lowest BCUT2D eigenvalue weighted by Gasteiger charge is -2.25. The zero-order valence-corrected chi connectivity index (χ0v) is 12.0. The van der Waals surface area contributed by atoms with Gasteiger partial charge in [0.05, 0.1) is 18.1 Å². The maximum atomic E-state index is 12.1. The van der Waals surface area contributed by atoms with Crippen molar-refractivity contribution in [3.05, 3.63) is 0 Å². The normalized spacial score (nSPS) is 39.0. The van der Waals surface area contributed by atoms with Crippen LogP contribution in [0.15, 0.2) is 0 Å². The van der Waals surface area contributed by atoms with Crippen LogP contribution in [0.3, 0.4) is 0 Å². The molecule has 3 aliphatic rings. The van der Waals surface area contributed by atoms with E-state index in [1.165, 1.54) is 0 Å². The number of aliphatic carboxylic acids is 1. The van der Waals surface area contributed by atoms with Crippen LogP contribution in [0.5, 0.6) is 0 Å². The Morgan fingerprint density at radius 3 is 2.50 bits per heavy atom. The van der Waals surface area contributed by atoms with Crippen LogP contribution >= 0.6 is 0 Å². The summed E-state index contributed by atoms with van der Waals surface area (Å²) >= 11 is 0. The largest absolute Gasteiger partial charge is 0.481 e. The van der Waals surface area contributed by atoms with Crippen molar-refractivity contribution in [2.45, 2.75) is 45.0 Å². The first-order valence-corrected chi connectivity index (χ1v) is 7.12. The Bertz CT molecular complexity index is 443. The number of fused-ring (bicyclic) bond motifs is 5. The predicted octanol–water partition coefficient (Wildman–Crippen LogP) is 1.34.